The Morgan fingerprint density at radius 2 is 1.56 bits per heavy atom. The average Bonchev–Trinajstić information content (AvgIpc) is 3.05. The Bertz CT molecular complexity index is 865. The Kier molecular flexibility index (Phi) is 3.78. The second kappa shape index (κ2) is 5.98. The van der Waals surface area contributed by atoms with Crippen LogP contribution in [0.2, 0.25) is 0 Å². The van der Waals surface area contributed by atoms with Crippen LogP contribution in [0.5, 0.6) is 0 Å². The average molecular weight is 346 g/mol. The standard InChI is InChI=1S/C18H17F3N4/c19-18(20,21)13-6-7-15-16(12-13)23-17(22-15)25-10-8-24(9-11-25)14-4-2-1-3-5-14/h1-7,12H,8-11H2,(H,22,23). The fraction of sp³-hybridized carbons (Fsp3) is 0.278. The molecule has 0 spiro atoms. The topological polar surface area (TPSA) is 35.2 Å². The van der Waals surface area contributed by atoms with Gasteiger partial charge in [-0.2, -0.15) is 13.2 Å². The van der Waals surface area contributed by atoms with E-state index in [1.54, 1.807) is 0 Å². The molecule has 4 nitrogen and oxygen atoms in total. The third kappa shape index (κ3) is 3.14. The van der Waals surface area contributed by atoms with Crippen LogP contribution < -0.4 is 9.80 Å². The fourth-order valence-corrected chi connectivity index (χ4v) is 3.14. The van der Waals surface area contributed by atoms with Crippen molar-refractivity contribution in [2.45, 2.75) is 6.18 Å². The third-order valence-electron chi connectivity index (χ3n) is 4.50. The van der Waals surface area contributed by atoms with Crippen LogP contribution in [0, 0.1) is 0 Å². The van der Waals surface area contributed by atoms with Crippen molar-refractivity contribution < 1.29 is 13.2 Å². The van der Waals surface area contributed by atoms with Crippen molar-refractivity contribution in [1.82, 2.24) is 9.97 Å². The maximum absolute atomic E-state index is 12.8. The maximum atomic E-state index is 12.8. The number of hydrogen-bond donors (Lipinski definition) is 1. The molecule has 1 aromatic heterocycles. The number of halogens is 3. The zero-order chi connectivity index (χ0) is 17.4. The molecule has 0 aliphatic carbocycles. The van der Waals surface area contributed by atoms with Crippen molar-refractivity contribution in [3.8, 4) is 0 Å². The number of anilines is 2. The van der Waals surface area contributed by atoms with Gasteiger partial charge in [-0.1, -0.05) is 18.2 Å². The van der Waals surface area contributed by atoms with Crippen LogP contribution in [0.3, 0.4) is 0 Å². The molecule has 1 aliphatic heterocycles. The van der Waals surface area contributed by atoms with E-state index in [9.17, 15) is 13.2 Å². The first-order valence-electron chi connectivity index (χ1n) is 8.13. The van der Waals surface area contributed by atoms with E-state index in [2.05, 4.69) is 31.9 Å². The Hall–Kier alpha value is -2.70. The van der Waals surface area contributed by atoms with Gasteiger partial charge in [0, 0.05) is 31.9 Å². The van der Waals surface area contributed by atoms with Crippen molar-refractivity contribution in [1.29, 1.82) is 0 Å². The molecule has 0 amide bonds. The molecule has 130 valence electrons. The van der Waals surface area contributed by atoms with E-state index in [1.165, 1.54) is 11.8 Å². The smallest absolute Gasteiger partial charge is 0.368 e. The second-order valence-electron chi connectivity index (χ2n) is 6.10. The molecule has 2 heterocycles. The normalized spacial score (nSPS) is 15.8. The summed E-state index contributed by atoms with van der Waals surface area (Å²) < 4.78 is 38.5. The van der Waals surface area contributed by atoms with Crippen LogP contribution in [0.4, 0.5) is 24.8 Å². The van der Waals surface area contributed by atoms with E-state index in [0.717, 1.165) is 38.3 Å². The molecule has 1 fully saturated rings. The summed E-state index contributed by atoms with van der Waals surface area (Å²) in [6.07, 6.45) is -4.35. The molecule has 25 heavy (non-hydrogen) atoms. The van der Waals surface area contributed by atoms with Gasteiger partial charge < -0.3 is 14.8 Å². The van der Waals surface area contributed by atoms with Crippen LogP contribution >= 0.6 is 0 Å². The SMILES string of the molecule is FC(F)(F)c1ccc2nc(N3CCN(c4ccccc4)CC3)[nH]c2c1. The minimum absolute atomic E-state index is 0.412. The van der Waals surface area contributed by atoms with Crippen LogP contribution in [0.15, 0.2) is 48.5 Å². The third-order valence-corrected chi connectivity index (χ3v) is 4.50. The van der Waals surface area contributed by atoms with Gasteiger partial charge in [-0.25, -0.2) is 4.98 Å². The van der Waals surface area contributed by atoms with Crippen molar-refractivity contribution >= 4 is 22.7 Å². The zero-order valence-electron chi connectivity index (χ0n) is 13.4. The Labute approximate surface area is 142 Å². The number of fused-ring (bicyclic) bond motifs is 1. The van der Waals surface area contributed by atoms with Gasteiger partial charge in [0.15, 0.2) is 0 Å². The van der Waals surface area contributed by atoms with E-state index in [-0.39, 0.29) is 0 Å². The summed E-state index contributed by atoms with van der Waals surface area (Å²) >= 11 is 0. The number of piperazine rings is 1. The Balaban J connectivity index is 1.51. The molecule has 1 N–H and O–H groups in total. The number of imidazole rings is 1. The molecule has 1 saturated heterocycles. The summed E-state index contributed by atoms with van der Waals surface area (Å²) in [5.74, 6) is 0.627. The molecule has 7 heteroatoms. The molecule has 3 aromatic rings. The number of alkyl halides is 3. The number of para-hydroxylation sites is 1. The van der Waals surface area contributed by atoms with Gasteiger partial charge in [-0.15, -0.1) is 0 Å². The summed E-state index contributed by atoms with van der Waals surface area (Å²) in [6, 6.07) is 13.8. The number of rotatable bonds is 2. The first-order chi connectivity index (χ1) is 12.0. The largest absolute Gasteiger partial charge is 0.416 e. The number of H-pyrrole nitrogens is 1. The summed E-state index contributed by atoms with van der Waals surface area (Å²) in [5.41, 5.74) is 1.48. The van der Waals surface area contributed by atoms with Crippen LogP contribution in [0.1, 0.15) is 5.56 Å². The van der Waals surface area contributed by atoms with E-state index in [0.29, 0.717) is 17.0 Å². The van der Waals surface area contributed by atoms with E-state index < -0.39 is 11.7 Å². The van der Waals surface area contributed by atoms with Crippen LogP contribution in [0.25, 0.3) is 11.0 Å². The quantitative estimate of drug-likeness (QED) is 0.764. The molecule has 0 radical (unpaired) electrons. The number of aromatic nitrogens is 2. The van der Waals surface area contributed by atoms with Crippen molar-refractivity contribution in [3.05, 3.63) is 54.1 Å². The summed E-state index contributed by atoms with van der Waals surface area (Å²) in [6.45, 7) is 3.21. The lowest BCUT2D eigenvalue weighted by molar-refractivity contribution is -0.137. The molecule has 1 aliphatic rings. The lowest BCUT2D eigenvalue weighted by Crippen LogP contribution is -2.46. The number of nitrogens with one attached hydrogen (secondary N) is 1. The van der Waals surface area contributed by atoms with Gasteiger partial charge in [0.25, 0.3) is 0 Å². The van der Waals surface area contributed by atoms with Crippen LogP contribution in [-0.2, 0) is 6.18 Å². The first-order valence-corrected chi connectivity index (χ1v) is 8.13. The number of hydrogen-bond acceptors (Lipinski definition) is 3. The second-order valence-corrected chi connectivity index (χ2v) is 6.10. The Morgan fingerprint density at radius 1 is 0.880 bits per heavy atom. The zero-order valence-corrected chi connectivity index (χ0v) is 13.4. The molecule has 0 atom stereocenters. The monoisotopic (exact) mass is 346 g/mol. The molecular weight excluding hydrogens is 329 g/mol. The molecule has 0 unspecified atom stereocenters. The van der Waals surface area contributed by atoms with E-state index in [1.807, 2.05) is 18.2 Å². The molecule has 0 bridgehead atoms. The Morgan fingerprint density at radius 3 is 2.24 bits per heavy atom. The lowest BCUT2D eigenvalue weighted by atomic mass is 10.2. The lowest BCUT2D eigenvalue weighted by Gasteiger charge is -2.35. The number of nitrogens with zero attached hydrogens (tertiary/aromatic N) is 3. The summed E-state index contributed by atoms with van der Waals surface area (Å²) in [7, 11) is 0. The summed E-state index contributed by atoms with van der Waals surface area (Å²) in [5, 5.41) is 0. The summed E-state index contributed by atoms with van der Waals surface area (Å²) in [4.78, 5) is 11.8. The van der Waals surface area contributed by atoms with Gasteiger partial charge in [-0.05, 0) is 30.3 Å². The predicted octanol–water partition coefficient (Wildman–Crippen LogP) is 3.91. The van der Waals surface area contributed by atoms with Crippen molar-refractivity contribution in [2.24, 2.45) is 0 Å². The molecule has 0 saturated carbocycles. The van der Waals surface area contributed by atoms with Gasteiger partial charge >= 0.3 is 6.18 Å². The number of aromatic amines is 1. The molecule has 4 rings (SSSR count). The molecular formula is C18H17F3N4. The van der Waals surface area contributed by atoms with Gasteiger partial charge in [0.05, 0.1) is 16.6 Å². The molecule has 2 aromatic carbocycles. The highest BCUT2D eigenvalue weighted by Crippen LogP contribution is 2.31. The highest BCUT2D eigenvalue weighted by molar-refractivity contribution is 5.78. The first kappa shape index (κ1) is 15.8. The predicted molar refractivity (Wildman–Crippen MR) is 92.0 cm³/mol. The minimum Gasteiger partial charge on any atom is -0.368 e. The van der Waals surface area contributed by atoms with E-state index in [4.69, 9.17) is 0 Å². The fourth-order valence-electron chi connectivity index (χ4n) is 3.14. The number of benzene rings is 2. The van der Waals surface area contributed by atoms with Crippen molar-refractivity contribution in [3.63, 3.8) is 0 Å². The van der Waals surface area contributed by atoms with Gasteiger partial charge in [0.1, 0.15) is 0 Å². The van der Waals surface area contributed by atoms with Crippen LogP contribution in [-0.4, -0.2) is 36.1 Å². The van der Waals surface area contributed by atoms with Gasteiger partial charge in [0.2, 0.25) is 5.95 Å². The van der Waals surface area contributed by atoms with E-state index >= 15 is 0 Å². The highest BCUT2D eigenvalue weighted by Gasteiger charge is 2.31. The maximum Gasteiger partial charge on any atom is 0.416 e. The minimum atomic E-state index is -4.35. The van der Waals surface area contributed by atoms with Crippen molar-refractivity contribution in [2.75, 3.05) is 36.0 Å². The highest BCUT2D eigenvalue weighted by atomic mass is 19.4. The van der Waals surface area contributed by atoms with Gasteiger partial charge in [-0.3, -0.25) is 0 Å².